The van der Waals surface area contributed by atoms with Crippen LogP contribution in [-0.4, -0.2) is 13.2 Å². The van der Waals surface area contributed by atoms with Crippen molar-refractivity contribution >= 4 is 0 Å². The monoisotopic (exact) mass is 193 g/mol. The third-order valence-electron chi connectivity index (χ3n) is 2.39. The number of ether oxygens (including phenoxy) is 1. The Bertz CT molecular complexity index is 325. The summed E-state index contributed by atoms with van der Waals surface area (Å²) in [4.78, 5) is 4.80. The summed E-state index contributed by atoms with van der Waals surface area (Å²) in [7, 11) is 1.62. The average Bonchev–Trinajstić information content (AvgIpc) is 2.54. The maximum atomic E-state index is 5.66. The number of fused-ring (bicyclic) bond motifs is 1. The van der Waals surface area contributed by atoms with Crippen LogP contribution in [0.2, 0.25) is 0 Å². The second kappa shape index (κ2) is 3.98. The maximum absolute atomic E-state index is 5.66. The molecule has 0 aromatic heterocycles. The lowest BCUT2D eigenvalue weighted by atomic mass is 10.1. The highest BCUT2D eigenvalue weighted by Crippen LogP contribution is 2.29. The molecule has 3 nitrogen and oxygen atoms in total. The van der Waals surface area contributed by atoms with Crippen molar-refractivity contribution in [1.29, 1.82) is 0 Å². The zero-order valence-corrected chi connectivity index (χ0v) is 8.54. The van der Waals surface area contributed by atoms with Crippen LogP contribution in [0.1, 0.15) is 18.1 Å². The molecule has 0 fully saturated rings. The Balaban J connectivity index is 2.12. The van der Waals surface area contributed by atoms with Crippen molar-refractivity contribution in [2.45, 2.75) is 26.0 Å². The lowest BCUT2D eigenvalue weighted by Crippen LogP contribution is -2.10. The molecule has 1 heterocycles. The van der Waals surface area contributed by atoms with Gasteiger partial charge in [0.25, 0.3) is 0 Å². The zero-order valence-electron chi connectivity index (χ0n) is 8.54. The molecule has 2 rings (SSSR count). The normalized spacial score (nSPS) is 19.1. The number of benzene rings is 1. The van der Waals surface area contributed by atoms with E-state index >= 15 is 0 Å². The first-order valence-corrected chi connectivity index (χ1v) is 4.84. The highest BCUT2D eigenvalue weighted by Gasteiger charge is 2.18. The largest absolute Gasteiger partial charge is 0.490 e. The van der Waals surface area contributed by atoms with Crippen molar-refractivity contribution in [1.82, 2.24) is 5.48 Å². The first-order chi connectivity index (χ1) is 6.79. The lowest BCUT2D eigenvalue weighted by Gasteiger charge is -2.05. The molecule has 0 radical (unpaired) electrons. The highest BCUT2D eigenvalue weighted by atomic mass is 16.6. The molecule has 1 atom stereocenters. The molecule has 0 amide bonds. The van der Waals surface area contributed by atoms with Crippen LogP contribution in [-0.2, 0) is 17.8 Å². The Morgan fingerprint density at radius 1 is 1.57 bits per heavy atom. The Morgan fingerprint density at radius 3 is 3.21 bits per heavy atom. The number of hydroxylamine groups is 1. The van der Waals surface area contributed by atoms with E-state index in [9.17, 15) is 0 Å². The van der Waals surface area contributed by atoms with Gasteiger partial charge in [0.15, 0.2) is 0 Å². The zero-order chi connectivity index (χ0) is 9.97. The van der Waals surface area contributed by atoms with Gasteiger partial charge in [0, 0.05) is 13.0 Å². The summed E-state index contributed by atoms with van der Waals surface area (Å²) >= 11 is 0. The molecule has 1 aromatic carbocycles. The van der Waals surface area contributed by atoms with E-state index in [4.69, 9.17) is 9.57 Å². The number of nitrogens with one attached hydrogen (secondary N) is 1. The summed E-state index contributed by atoms with van der Waals surface area (Å²) < 4.78 is 5.66. The van der Waals surface area contributed by atoms with E-state index in [-0.39, 0.29) is 0 Å². The lowest BCUT2D eigenvalue weighted by molar-refractivity contribution is 0.0866. The van der Waals surface area contributed by atoms with Gasteiger partial charge in [-0.15, -0.1) is 0 Å². The Kier molecular flexibility index (Phi) is 2.70. The summed E-state index contributed by atoms with van der Waals surface area (Å²) in [6.07, 6.45) is 1.34. The molecular weight excluding hydrogens is 178 g/mol. The van der Waals surface area contributed by atoms with Crippen LogP contribution in [0.5, 0.6) is 5.75 Å². The van der Waals surface area contributed by atoms with E-state index < -0.39 is 0 Å². The van der Waals surface area contributed by atoms with Crippen LogP contribution in [0.15, 0.2) is 18.2 Å². The standard InChI is InChI=1S/C11H15NO2/c1-8-5-10-4-3-9(7-12-13-2)6-11(10)14-8/h3-4,6,8,12H,5,7H2,1-2H3. The summed E-state index contributed by atoms with van der Waals surface area (Å²) in [5.74, 6) is 1.02. The molecule has 1 aliphatic heterocycles. The van der Waals surface area contributed by atoms with Crippen LogP contribution < -0.4 is 10.2 Å². The first kappa shape index (κ1) is 9.49. The number of hydrogen-bond donors (Lipinski definition) is 1. The number of rotatable bonds is 3. The quantitative estimate of drug-likeness (QED) is 0.740. The minimum absolute atomic E-state index is 0.315. The molecule has 14 heavy (non-hydrogen) atoms. The van der Waals surface area contributed by atoms with Crippen molar-refractivity contribution in [3.8, 4) is 5.75 Å². The predicted molar refractivity (Wildman–Crippen MR) is 54.1 cm³/mol. The average molecular weight is 193 g/mol. The summed E-state index contributed by atoms with van der Waals surface area (Å²) in [6, 6.07) is 6.31. The molecule has 1 aliphatic rings. The van der Waals surface area contributed by atoms with Crippen molar-refractivity contribution < 1.29 is 9.57 Å². The van der Waals surface area contributed by atoms with Crippen LogP contribution in [0.4, 0.5) is 0 Å². The molecule has 3 heteroatoms. The van der Waals surface area contributed by atoms with Crippen LogP contribution in [0, 0.1) is 0 Å². The Labute approximate surface area is 84.0 Å². The molecule has 0 saturated heterocycles. The molecule has 0 saturated carbocycles. The van der Waals surface area contributed by atoms with Gasteiger partial charge in [0.2, 0.25) is 0 Å². The summed E-state index contributed by atoms with van der Waals surface area (Å²) in [6.45, 7) is 2.80. The van der Waals surface area contributed by atoms with Gasteiger partial charge in [-0.05, 0) is 24.1 Å². The molecule has 0 spiro atoms. The van der Waals surface area contributed by atoms with E-state index in [0.717, 1.165) is 12.2 Å². The van der Waals surface area contributed by atoms with Gasteiger partial charge >= 0.3 is 0 Å². The van der Waals surface area contributed by atoms with Crippen LogP contribution in [0.25, 0.3) is 0 Å². The maximum Gasteiger partial charge on any atom is 0.123 e. The molecule has 1 unspecified atom stereocenters. The Hall–Kier alpha value is -1.06. The van der Waals surface area contributed by atoms with Crippen molar-refractivity contribution in [3.63, 3.8) is 0 Å². The van der Waals surface area contributed by atoms with E-state index in [1.165, 1.54) is 11.1 Å². The van der Waals surface area contributed by atoms with E-state index in [1.807, 2.05) is 0 Å². The first-order valence-electron chi connectivity index (χ1n) is 4.84. The predicted octanol–water partition coefficient (Wildman–Crippen LogP) is 1.66. The Morgan fingerprint density at radius 2 is 2.43 bits per heavy atom. The summed E-state index contributed by atoms with van der Waals surface area (Å²) in [5.41, 5.74) is 5.30. The topological polar surface area (TPSA) is 30.5 Å². The van der Waals surface area contributed by atoms with Gasteiger partial charge in [-0.2, -0.15) is 5.48 Å². The SMILES string of the molecule is CONCc1ccc2c(c1)OC(C)C2. The minimum atomic E-state index is 0.315. The molecule has 1 aromatic rings. The third-order valence-corrected chi connectivity index (χ3v) is 2.39. The van der Waals surface area contributed by atoms with Gasteiger partial charge in [-0.3, -0.25) is 0 Å². The van der Waals surface area contributed by atoms with Gasteiger partial charge in [0.05, 0.1) is 7.11 Å². The second-order valence-corrected chi connectivity index (χ2v) is 3.60. The highest BCUT2D eigenvalue weighted by molar-refractivity contribution is 5.40. The minimum Gasteiger partial charge on any atom is -0.490 e. The molecule has 0 bridgehead atoms. The van der Waals surface area contributed by atoms with Crippen LogP contribution in [0.3, 0.4) is 0 Å². The molecule has 0 aliphatic carbocycles. The van der Waals surface area contributed by atoms with Crippen molar-refractivity contribution in [2.24, 2.45) is 0 Å². The van der Waals surface area contributed by atoms with Crippen molar-refractivity contribution in [3.05, 3.63) is 29.3 Å². The third kappa shape index (κ3) is 1.89. The van der Waals surface area contributed by atoms with Crippen LogP contribution >= 0.6 is 0 Å². The van der Waals surface area contributed by atoms with Crippen molar-refractivity contribution in [2.75, 3.05) is 7.11 Å². The fourth-order valence-electron chi connectivity index (χ4n) is 1.71. The summed E-state index contributed by atoms with van der Waals surface area (Å²) in [5, 5.41) is 0. The van der Waals surface area contributed by atoms with E-state index in [2.05, 4.69) is 30.6 Å². The smallest absolute Gasteiger partial charge is 0.123 e. The molecule has 76 valence electrons. The molecule has 1 N–H and O–H groups in total. The van der Waals surface area contributed by atoms with E-state index in [0.29, 0.717) is 12.6 Å². The fraction of sp³-hybridized carbons (Fsp3) is 0.455. The second-order valence-electron chi connectivity index (χ2n) is 3.60. The fourth-order valence-corrected chi connectivity index (χ4v) is 1.71. The van der Waals surface area contributed by atoms with Gasteiger partial charge in [-0.1, -0.05) is 12.1 Å². The van der Waals surface area contributed by atoms with Gasteiger partial charge < -0.3 is 9.57 Å². The molecular formula is C11H15NO2. The van der Waals surface area contributed by atoms with E-state index in [1.54, 1.807) is 7.11 Å². The number of hydrogen-bond acceptors (Lipinski definition) is 3. The van der Waals surface area contributed by atoms with Gasteiger partial charge in [-0.25, -0.2) is 0 Å². The van der Waals surface area contributed by atoms with Gasteiger partial charge in [0.1, 0.15) is 11.9 Å².